The zero-order valence-corrected chi connectivity index (χ0v) is 12.6. The van der Waals surface area contributed by atoms with Crippen LogP contribution in [0.1, 0.15) is 45.1 Å². The Morgan fingerprint density at radius 1 is 1.24 bits per heavy atom. The van der Waals surface area contributed by atoms with E-state index in [-0.39, 0.29) is 12.5 Å². The molecule has 1 aromatic carbocycles. The van der Waals surface area contributed by atoms with Crippen LogP contribution < -0.4 is 10.2 Å². The van der Waals surface area contributed by atoms with Crippen molar-refractivity contribution < 1.29 is 9.53 Å². The molecule has 0 atom stereocenters. The van der Waals surface area contributed by atoms with E-state index >= 15 is 0 Å². The molecular formula is C16H21N3O2. The average Bonchev–Trinajstić information content (AvgIpc) is 2.51. The molecule has 0 fully saturated rings. The molecule has 21 heavy (non-hydrogen) atoms. The predicted molar refractivity (Wildman–Crippen MR) is 82.0 cm³/mol. The molecule has 1 amide bonds. The fourth-order valence-corrected chi connectivity index (χ4v) is 1.76. The van der Waals surface area contributed by atoms with E-state index in [0.717, 1.165) is 31.4 Å². The third-order valence-electron chi connectivity index (χ3n) is 2.77. The molecule has 0 aliphatic carbocycles. The number of carbonyl (C=O) groups is 1. The van der Waals surface area contributed by atoms with Crippen molar-refractivity contribution in [1.29, 1.82) is 5.26 Å². The van der Waals surface area contributed by atoms with Crippen molar-refractivity contribution in [3.05, 3.63) is 29.8 Å². The van der Waals surface area contributed by atoms with Crippen LogP contribution in [-0.4, -0.2) is 18.2 Å². The first-order valence-corrected chi connectivity index (χ1v) is 7.16. The van der Waals surface area contributed by atoms with Gasteiger partial charge in [-0.25, -0.2) is 5.43 Å². The predicted octanol–water partition coefficient (Wildman–Crippen LogP) is 3.01. The zero-order valence-electron chi connectivity index (χ0n) is 12.6. The van der Waals surface area contributed by atoms with Crippen molar-refractivity contribution in [2.24, 2.45) is 5.10 Å². The number of ether oxygens (including phenoxy) is 1. The Morgan fingerprint density at radius 3 is 2.38 bits per heavy atom. The van der Waals surface area contributed by atoms with Crippen LogP contribution >= 0.6 is 0 Å². The van der Waals surface area contributed by atoms with Gasteiger partial charge in [0.15, 0.2) is 6.61 Å². The number of nitriles is 1. The van der Waals surface area contributed by atoms with Gasteiger partial charge in [-0.3, -0.25) is 4.79 Å². The van der Waals surface area contributed by atoms with Gasteiger partial charge in [-0.1, -0.05) is 26.7 Å². The molecule has 0 saturated heterocycles. The maximum atomic E-state index is 11.7. The van der Waals surface area contributed by atoms with Crippen LogP contribution in [-0.2, 0) is 4.79 Å². The molecule has 0 aliphatic heterocycles. The number of hydrazone groups is 1. The van der Waals surface area contributed by atoms with Crippen molar-refractivity contribution in [3.63, 3.8) is 0 Å². The Hall–Kier alpha value is -2.35. The molecule has 0 radical (unpaired) electrons. The van der Waals surface area contributed by atoms with E-state index in [1.807, 2.05) is 6.07 Å². The Kier molecular flexibility index (Phi) is 7.59. The van der Waals surface area contributed by atoms with Crippen LogP contribution in [0.2, 0.25) is 0 Å². The first kappa shape index (κ1) is 16.7. The summed E-state index contributed by atoms with van der Waals surface area (Å²) in [5.41, 5.74) is 4.08. The summed E-state index contributed by atoms with van der Waals surface area (Å²) in [4.78, 5) is 11.7. The molecule has 0 spiro atoms. The number of carbonyl (C=O) groups excluding carboxylic acids is 1. The van der Waals surface area contributed by atoms with Crippen LogP contribution in [0, 0.1) is 11.3 Å². The van der Waals surface area contributed by atoms with Gasteiger partial charge in [0.2, 0.25) is 0 Å². The van der Waals surface area contributed by atoms with Crippen LogP contribution in [0.15, 0.2) is 29.4 Å². The topological polar surface area (TPSA) is 74.5 Å². The highest BCUT2D eigenvalue weighted by atomic mass is 16.5. The first-order chi connectivity index (χ1) is 10.2. The third-order valence-corrected chi connectivity index (χ3v) is 2.77. The van der Waals surface area contributed by atoms with E-state index in [1.165, 1.54) is 0 Å². The molecule has 1 N–H and O–H groups in total. The number of hydrogen-bond acceptors (Lipinski definition) is 4. The van der Waals surface area contributed by atoms with E-state index in [9.17, 15) is 4.79 Å². The van der Waals surface area contributed by atoms with Crippen LogP contribution in [0.4, 0.5) is 0 Å². The molecule has 112 valence electrons. The molecule has 0 aromatic heterocycles. The second-order valence-electron chi connectivity index (χ2n) is 4.64. The lowest BCUT2D eigenvalue weighted by Crippen LogP contribution is -2.25. The number of nitrogens with one attached hydrogen (secondary N) is 1. The molecule has 5 nitrogen and oxygen atoms in total. The van der Waals surface area contributed by atoms with Crippen molar-refractivity contribution in [1.82, 2.24) is 5.43 Å². The molecule has 0 saturated carbocycles. The molecule has 5 heteroatoms. The van der Waals surface area contributed by atoms with Gasteiger partial charge in [0.1, 0.15) is 5.75 Å². The number of rotatable bonds is 8. The quantitative estimate of drug-likeness (QED) is 0.590. The van der Waals surface area contributed by atoms with Gasteiger partial charge in [0.25, 0.3) is 5.91 Å². The Balaban J connectivity index is 2.42. The van der Waals surface area contributed by atoms with Gasteiger partial charge in [-0.15, -0.1) is 0 Å². The second kappa shape index (κ2) is 9.54. The van der Waals surface area contributed by atoms with Crippen LogP contribution in [0.3, 0.4) is 0 Å². The maximum absolute atomic E-state index is 11.7. The van der Waals surface area contributed by atoms with Gasteiger partial charge in [-0.2, -0.15) is 10.4 Å². The number of nitrogens with zero attached hydrogens (tertiary/aromatic N) is 2. The van der Waals surface area contributed by atoms with Gasteiger partial charge < -0.3 is 4.74 Å². The summed E-state index contributed by atoms with van der Waals surface area (Å²) in [6.45, 7) is 4.07. The molecular weight excluding hydrogens is 266 g/mol. The van der Waals surface area contributed by atoms with E-state index in [0.29, 0.717) is 11.3 Å². The number of amides is 1. The van der Waals surface area contributed by atoms with E-state index < -0.39 is 0 Å². The Morgan fingerprint density at radius 2 is 1.86 bits per heavy atom. The summed E-state index contributed by atoms with van der Waals surface area (Å²) in [7, 11) is 0. The fraction of sp³-hybridized carbons (Fsp3) is 0.438. The fourth-order valence-electron chi connectivity index (χ4n) is 1.76. The third kappa shape index (κ3) is 6.57. The molecule has 0 heterocycles. The van der Waals surface area contributed by atoms with Gasteiger partial charge in [0.05, 0.1) is 11.6 Å². The van der Waals surface area contributed by atoms with E-state index in [1.54, 1.807) is 24.3 Å². The normalized spacial score (nSPS) is 9.57. The SMILES string of the molecule is CCCC(CCC)=NNC(=O)COc1ccc(C#N)cc1. The summed E-state index contributed by atoms with van der Waals surface area (Å²) in [6, 6.07) is 8.64. The molecule has 0 unspecified atom stereocenters. The first-order valence-electron chi connectivity index (χ1n) is 7.16. The highest BCUT2D eigenvalue weighted by Crippen LogP contribution is 2.11. The standard InChI is InChI=1S/C16H21N3O2/c1-3-5-14(6-4-2)18-19-16(20)12-21-15-9-7-13(11-17)8-10-15/h7-10H,3-6,12H2,1-2H3,(H,19,20). The molecule has 1 aromatic rings. The second-order valence-corrected chi connectivity index (χ2v) is 4.64. The monoisotopic (exact) mass is 287 g/mol. The Labute approximate surface area is 125 Å². The largest absolute Gasteiger partial charge is 0.484 e. The highest BCUT2D eigenvalue weighted by molar-refractivity contribution is 5.86. The van der Waals surface area contributed by atoms with Crippen molar-refractivity contribution in [2.75, 3.05) is 6.61 Å². The van der Waals surface area contributed by atoms with Gasteiger partial charge >= 0.3 is 0 Å². The smallest absolute Gasteiger partial charge is 0.277 e. The molecule has 0 bridgehead atoms. The molecule has 0 aliphatic rings. The van der Waals surface area contributed by atoms with Crippen molar-refractivity contribution in [3.8, 4) is 11.8 Å². The van der Waals surface area contributed by atoms with Gasteiger partial charge in [-0.05, 0) is 37.1 Å². The minimum atomic E-state index is -0.288. The highest BCUT2D eigenvalue weighted by Gasteiger charge is 2.03. The van der Waals surface area contributed by atoms with Crippen molar-refractivity contribution in [2.45, 2.75) is 39.5 Å². The number of benzene rings is 1. The average molecular weight is 287 g/mol. The Bertz CT molecular complexity index is 507. The van der Waals surface area contributed by atoms with E-state index in [2.05, 4.69) is 24.4 Å². The van der Waals surface area contributed by atoms with Gasteiger partial charge in [0, 0.05) is 5.71 Å². The van der Waals surface area contributed by atoms with Crippen LogP contribution in [0.5, 0.6) is 5.75 Å². The maximum Gasteiger partial charge on any atom is 0.277 e. The summed E-state index contributed by atoms with van der Waals surface area (Å²) in [6.07, 6.45) is 3.81. The molecule has 1 rings (SSSR count). The summed E-state index contributed by atoms with van der Waals surface area (Å²) in [5, 5.41) is 12.8. The minimum Gasteiger partial charge on any atom is -0.484 e. The summed E-state index contributed by atoms with van der Waals surface area (Å²) >= 11 is 0. The lowest BCUT2D eigenvalue weighted by atomic mass is 10.1. The lowest BCUT2D eigenvalue weighted by molar-refractivity contribution is -0.123. The van der Waals surface area contributed by atoms with Crippen molar-refractivity contribution >= 4 is 11.6 Å². The van der Waals surface area contributed by atoms with E-state index in [4.69, 9.17) is 10.00 Å². The summed E-state index contributed by atoms with van der Waals surface area (Å²) < 4.78 is 5.33. The number of hydrogen-bond donors (Lipinski definition) is 1. The minimum absolute atomic E-state index is 0.0963. The lowest BCUT2D eigenvalue weighted by Gasteiger charge is -2.06. The summed E-state index contributed by atoms with van der Waals surface area (Å²) in [5.74, 6) is 0.263. The van der Waals surface area contributed by atoms with Crippen LogP contribution in [0.25, 0.3) is 0 Å². The zero-order chi connectivity index (χ0) is 15.5.